The highest BCUT2D eigenvalue weighted by molar-refractivity contribution is 6.05. The molecule has 7 heteroatoms. The molecule has 0 spiro atoms. The van der Waals surface area contributed by atoms with Gasteiger partial charge in [0, 0.05) is 28.4 Å². The van der Waals surface area contributed by atoms with E-state index in [2.05, 4.69) is 5.32 Å². The molecule has 0 atom stereocenters. The molecule has 2 rings (SSSR count). The first-order chi connectivity index (χ1) is 10.4. The summed E-state index contributed by atoms with van der Waals surface area (Å²) in [7, 11) is 0. The average molecular weight is 299 g/mol. The molecule has 2 aromatic rings. The first-order valence-corrected chi connectivity index (χ1v) is 6.35. The summed E-state index contributed by atoms with van der Waals surface area (Å²) in [5.41, 5.74) is 6.49. The van der Waals surface area contributed by atoms with Crippen LogP contribution in [0.2, 0.25) is 0 Å². The molecule has 7 nitrogen and oxygen atoms in total. The van der Waals surface area contributed by atoms with Crippen LogP contribution in [0, 0.1) is 17.0 Å². The monoisotopic (exact) mass is 299 g/mol. The van der Waals surface area contributed by atoms with Gasteiger partial charge in [0.1, 0.15) is 0 Å². The van der Waals surface area contributed by atoms with E-state index in [1.807, 2.05) is 0 Å². The predicted octanol–water partition coefficient (Wildman–Crippen LogP) is 2.25. The van der Waals surface area contributed by atoms with Crippen molar-refractivity contribution >= 4 is 23.2 Å². The number of aryl methyl sites for hydroxylation is 1. The highest BCUT2D eigenvalue weighted by Gasteiger charge is 2.14. The Morgan fingerprint density at radius 2 is 1.86 bits per heavy atom. The molecule has 0 saturated carbocycles. The smallest absolute Gasteiger partial charge is 0.272 e. The molecule has 2 amide bonds. The van der Waals surface area contributed by atoms with E-state index in [0.717, 1.165) is 0 Å². The Kier molecular flexibility index (Phi) is 4.17. The van der Waals surface area contributed by atoms with Crippen LogP contribution in [-0.4, -0.2) is 16.7 Å². The molecule has 3 N–H and O–H groups in total. The molecule has 0 aliphatic heterocycles. The van der Waals surface area contributed by atoms with Crippen LogP contribution in [0.1, 0.15) is 26.3 Å². The van der Waals surface area contributed by atoms with Crippen molar-refractivity contribution in [2.75, 3.05) is 5.32 Å². The lowest BCUT2D eigenvalue weighted by atomic mass is 10.1. The Morgan fingerprint density at radius 1 is 1.14 bits per heavy atom. The molecule has 0 heterocycles. The van der Waals surface area contributed by atoms with E-state index in [4.69, 9.17) is 5.73 Å². The van der Waals surface area contributed by atoms with Gasteiger partial charge in [-0.1, -0.05) is 6.07 Å². The van der Waals surface area contributed by atoms with Gasteiger partial charge in [-0.25, -0.2) is 0 Å². The van der Waals surface area contributed by atoms with Gasteiger partial charge in [0.05, 0.1) is 4.92 Å². The second kappa shape index (κ2) is 6.04. The normalized spacial score (nSPS) is 10.0. The van der Waals surface area contributed by atoms with Gasteiger partial charge in [-0.3, -0.25) is 19.7 Å². The summed E-state index contributed by atoms with van der Waals surface area (Å²) in [6.45, 7) is 1.56. The number of nitrogens with zero attached hydrogens (tertiary/aromatic N) is 1. The number of nitrogens with two attached hydrogens (primary N) is 1. The SMILES string of the molecule is Cc1cc(C(=O)Nc2cccc(C(N)=O)c2)ccc1[N+](=O)[O-]. The highest BCUT2D eigenvalue weighted by atomic mass is 16.6. The van der Waals surface area contributed by atoms with Crippen LogP contribution in [-0.2, 0) is 0 Å². The Balaban J connectivity index is 2.22. The van der Waals surface area contributed by atoms with Crippen molar-refractivity contribution < 1.29 is 14.5 Å². The summed E-state index contributed by atoms with van der Waals surface area (Å²) in [4.78, 5) is 33.5. The van der Waals surface area contributed by atoms with E-state index in [0.29, 0.717) is 11.3 Å². The fourth-order valence-corrected chi connectivity index (χ4v) is 1.96. The Morgan fingerprint density at radius 3 is 2.45 bits per heavy atom. The van der Waals surface area contributed by atoms with Crippen molar-refractivity contribution in [3.8, 4) is 0 Å². The van der Waals surface area contributed by atoms with Gasteiger partial charge in [0.25, 0.3) is 11.6 Å². The molecule has 0 fully saturated rings. The summed E-state index contributed by atoms with van der Waals surface area (Å²) in [6, 6.07) is 10.3. The maximum atomic E-state index is 12.1. The van der Waals surface area contributed by atoms with Crippen LogP contribution in [0.4, 0.5) is 11.4 Å². The summed E-state index contributed by atoms with van der Waals surface area (Å²) < 4.78 is 0. The summed E-state index contributed by atoms with van der Waals surface area (Å²) in [5.74, 6) is -1.03. The van der Waals surface area contributed by atoms with Crippen LogP contribution >= 0.6 is 0 Å². The van der Waals surface area contributed by atoms with Gasteiger partial charge in [-0.2, -0.15) is 0 Å². The molecule has 0 bridgehead atoms. The first-order valence-electron chi connectivity index (χ1n) is 6.35. The van der Waals surface area contributed by atoms with Crippen LogP contribution in [0.3, 0.4) is 0 Å². The van der Waals surface area contributed by atoms with Gasteiger partial charge < -0.3 is 11.1 Å². The standard InChI is InChI=1S/C15H13N3O4/c1-9-7-11(5-6-13(9)18(21)22)15(20)17-12-4-2-3-10(8-12)14(16)19/h2-8H,1H3,(H2,16,19)(H,17,20). The lowest BCUT2D eigenvalue weighted by Crippen LogP contribution is -2.14. The molecule has 0 aliphatic rings. The molecule has 112 valence electrons. The summed E-state index contributed by atoms with van der Waals surface area (Å²) in [5, 5.41) is 13.4. The molecule has 0 aliphatic carbocycles. The number of amides is 2. The summed E-state index contributed by atoms with van der Waals surface area (Å²) >= 11 is 0. The Labute approximate surface area is 125 Å². The number of nitro groups is 1. The van der Waals surface area contributed by atoms with Crippen molar-refractivity contribution in [2.45, 2.75) is 6.92 Å². The molecule has 0 unspecified atom stereocenters. The number of carbonyl (C=O) groups excluding carboxylic acids is 2. The molecule has 0 saturated heterocycles. The van der Waals surface area contributed by atoms with E-state index >= 15 is 0 Å². The van der Waals surface area contributed by atoms with E-state index < -0.39 is 16.7 Å². The number of hydrogen-bond donors (Lipinski definition) is 2. The maximum absolute atomic E-state index is 12.1. The van der Waals surface area contributed by atoms with Crippen LogP contribution in [0.5, 0.6) is 0 Å². The van der Waals surface area contributed by atoms with E-state index in [1.165, 1.54) is 30.3 Å². The number of nitro benzene ring substituents is 1. The van der Waals surface area contributed by atoms with Crippen molar-refractivity contribution in [1.82, 2.24) is 0 Å². The fourth-order valence-electron chi connectivity index (χ4n) is 1.96. The lowest BCUT2D eigenvalue weighted by Gasteiger charge is -2.07. The minimum absolute atomic E-state index is 0.0488. The van der Waals surface area contributed by atoms with Gasteiger partial charge in [-0.05, 0) is 37.3 Å². The third-order valence-corrected chi connectivity index (χ3v) is 3.06. The van der Waals surface area contributed by atoms with Crippen LogP contribution < -0.4 is 11.1 Å². The number of primary amides is 1. The van der Waals surface area contributed by atoms with E-state index in [-0.39, 0.29) is 16.8 Å². The molecule has 0 aromatic heterocycles. The third-order valence-electron chi connectivity index (χ3n) is 3.06. The zero-order valence-electron chi connectivity index (χ0n) is 11.7. The Bertz CT molecular complexity index is 771. The van der Waals surface area contributed by atoms with Gasteiger partial charge in [-0.15, -0.1) is 0 Å². The zero-order chi connectivity index (χ0) is 16.3. The number of carbonyl (C=O) groups is 2. The lowest BCUT2D eigenvalue weighted by molar-refractivity contribution is -0.385. The number of nitrogens with one attached hydrogen (secondary N) is 1. The predicted molar refractivity (Wildman–Crippen MR) is 80.7 cm³/mol. The molecular weight excluding hydrogens is 286 g/mol. The minimum Gasteiger partial charge on any atom is -0.366 e. The molecule has 22 heavy (non-hydrogen) atoms. The summed E-state index contributed by atoms with van der Waals surface area (Å²) in [6.07, 6.45) is 0. The van der Waals surface area contributed by atoms with E-state index in [1.54, 1.807) is 19.1 Å². The molecule has 0 radical (unpaired) electrons. The first kappa shape index (κ1) is 15.2. The average Bonchev–Trinajstić information content (AvgIpc) is 2.46. The van der Waals surface area contributed by atoms with Crippen molar-refractivity contribution in [3.63, 3.8) is 0 Å². The molecular formula is C15H13N3O4. The topological polar surface area (TPSA) is 115 Å². The number of benzene rings is 2. The number of anilines is 1. The zero-order valence-corrected chi connectivity index (χ0v) is 11.7. The third kappa shape index (κ3) is 3.26. The minimum atomic E-state index is -0.595. The van der Waals surface area contributed by atoms with Crippen molar-refractivity contribution in [2.24, 2.45) is 5.73 Å². The quantitative estimate of drug-likeness (QED) is 0.665. The second-order valence-electron chi connectivity index (χ2n) is 4.66. The second-order valence-corrected chi connectivity index (χ2v) is 4.66. The Hall–Kier alpha value is -3.22. The van der Waals surface area contributed by atoms with Gasteiger partial charge in [0.2, 0.25) is 5.91 Å². The van der Waals surface area contributed by atoms with Crippen LogP contribution in [0.25, 0.3) is 0 Å². The van der Waals surface area contributed by atoms with Gasteiger partial charge in [0.15, 0.2) is 0 Å². The van der Waals surface area contributed by atoms with E-state index in [9.17, 15) is 19.7 Å². The van der Waals surface area contributed by atoms with Crippen molar-refractivity contribution in [1.29, 1.82) is 0 Å². The fraction of sp³-hybridized carbons (Fsp3) is 0.0667. The highest BCUT2D eigenvalue weighted by Crippen LogP contribution is 2.20. The van der Waals surface area contributed by atoms with Crippen molar-refractivity contribution in [3.05, 3.63) is 69.3 Å². The van der Waals surface area contributed by atoms with Gasteiger partial charge >= 0.3 is 0 Å². The molecule has 2 aromatic carbocycles. The maximum Gasteiger partial charge on any atom is 0.272 e. The largest absolute Gasteiger partial charge is 0.366 e. The van der Waals surface area contributed by atoms with Crippen LogP contribution in [0.15, 0.2) is 42.5 Å². The number of rotatable bonds is 4. The number of hydrogen-bond acceptors (Lipinski definition) is 4.